The molecule has 1 rings (SSSR count). The maximum atomic E-state index is 5.70. The van der Waals surface area contributed by atoms with E-state index < -0.39 is 0 Å². The molecule has 1 aliphatic rings. The minimum atomic E-state index is 0.212. The van der Waals surface area contributed by atoms with E-state index in [0.717, 1.165) is 39.0 Å². The standard InChI is InChI=1S/C13H25NO2/c1-4-8-14-13(11(3)16-5-2)12-7-6-9-15-10-12/h10-11,13-14H,4-9H2,1-3H3. The fourth-order valence-corrected chi connectivity index (χ4v) is 2.07. The van der Waals surface area contributed by atoms with Gasteiger partial charge in [0.25, 0.3) is 0 Å². The fourth-order valence-electron chi connectivity index (χ4n) is 2.07. The number of nitrogens with one attached hydrogen (secondary N) is 1. The fraction of sp³-hybridized carbons (Fsp3) is 0.846. The summed E-state index contributed by atoms with van der Waals surface area (Å²) in [6, 6.07) is 0.306. The van der Waals surface area contributed by atoms with Gasteiger partial charge >= 0.3 is 0 Å². The smallest absolute Gasteiger partial charge is 0.0876 e. The van der Waals surface area contributed by atoms with Crippen molar-refractivity contribution in [2.24, 2.45) is 0 Å². The van der Waals surface area contributed by atoms with Crippen molar-refractivity contribution in [3.63, 3.8) is 0 Å². The highest BCUT2D eigenvalue weighted by molar-refractivity contribution is 5.12. The van der Waals surface area contributed by atoms with Crippen molar-refractivity contribution in [3.8, 4) is 0 Å². The minimum Gasteiger partial charge on any atom is -0.501 e. The summed E-state index contributed by atoms with van der Waals surface area (Å²) in [7, 11) is 0. The second-order valence-electron chi connectivity index (χ2n) is 4.26. The Kier molecular flexibility index (Phi) is 6.50. The van der Waals surface area contributed by atoms with Gasteiger partial charge in [0, 0.05) is 6.61 Å². The molecule has 1 heterocycles. The third-order valence-electron chi connectivity index (χ3n) is 2.88. The molecule has 1 aliphatic heterocycles. The molecule has 0 saturated carbocycles. The molecule has 0 fully saturated rings. The molecule has 0 spiro atoms. The van der Waals surface area contributed by atoms with Crippen LogP contribution in [-0.4, -0.2) is 31.9 Å². The van der Waals surface area contributed by atoms with E-state index in [9.17, 15) is 0 Å². The second-order valence-corrected chi connectivity index (χ2v) is 4.26. The van der Waals surface area contributed by atoms with Crippen LogP contribution in [0.15, 0.2) is 11.8 Å². The van der Waals surface area contributed by atoms with Gasteiger partial charge < -0.3 is 14.8 Å². The molecular formula is C13H25NO2. The summed E-state index contributed by atoms with van der Waals surface area (Å²) in [6.45, 7) is 9.00. The van der Waals surface area contributed by atoms with Crippen LogP contribution in [0.4, 0.5) is 0 Å². The van der Waals surface area contributed by atoms with Crippen LogP contribution in [0.3, 0.4) is 0 Å². The molecule has 1 N–H and O–H groups in total. The van der Waals surface area contributed by atoms with Crippen molar-refractivity contribution in [1.82, 2.24) is 5.32 Å². The molecule has 0 amide bonds. The predicted molar refractivity (Wildman–Crippen MR) is 66.4 cm³/mol. The molecule has 94 valence electrons. The van der Waals surface area contributed by atoms with Crippen LogP contribution >= 0.6 is 0 Å². The molecule has 3 heteroatoms. The van der Waals surface area contributed by atoms with Crippen LogP contribution in [0, 0.1) is 0 Å². The van der Waals surface area contributed by atoms with E-state index in [1.807, 2.05) is 13.2 Å². The molecule has 0 aliphatic carbocycles. The monoisotopic (exact) mass is 227 g/mol. The van der Waals surface area contributed by atoms with Crippen LogP contribution in [0.1, 0.15) is 40.0 Å². The molecule has 2 atom stereocenters. The average Bonchev–Trinajstić information content (AvgIpc) is 2.31. The zero-order valence-electron chi connectivity index (χ0n) is 10.8. The molecule has 16 heavy (non-hydrogen) atoms. The zero-order chi connectivity index (χ0) is 11.8. The topological polar surface area (TPSA) is 30.5 Å². The average molecular weight is 227 g/mol. The number of hydrogen-bond acceptors (Lipinski definition) is 3. The summed E-state index contributed by atoms with van der Waals surface area (Å²) >= 11 is 0. The van der Waals surface area contributed by atoms with Crippen LogP contribution in [0.2, 0.25) is 0 Å². The SMILES string of the molecule is CCCNC(C1=COCCC1)C(C)OCC. The summed E-state index contributed by atoms with van der Waals surface area (Å²) in [6.07, 6.45) is 5.52. The Labute approximate surface area is 99.2 Å². The van der Waals surface area contributed by atoms with Gasteiger partial charge in [0.15, 0.2) is 0 Å². The van der Waals surface area contributed by atoms with E-state index in [0.29, 0.717) is 6.04 Å². The second kappa shape index (κ2) is 7.69. The molecule has 2 unspecified atom stereocenters. The minimum absolute atomic E-state index is 0.212. The summed E-state index contributed by atoms with van der Waals surface area (Å²) < 4.78 is 11.1. The normalized spacial score (nSPS) is 19.8. The lowest BCUT2D eigenvalue weighted by atomic mass is 9.98. The summed E-state index contributed by atoms with van der Waals surface area (Å²) in [5, 5.41) is 3.55. The first-order valence-electron chi connectivity index (χ1n) is 6.45. The molecule has 0 saturated heterocycles. The molecule has 0 aromatic heterocycles. The Morgan fingerprint density at radius 1 is 1.50 bits per heavy atom. The Hall–Kier alpha value is -0.540. The first kappa shape index (κ1) is 13.5. The third kappa shape index (κ3) is 4.14. The van der Waals surface area contributed by atoms with E-state index in [1.165, 1.54) is 5.57 Å². The number of rotatable bonds is 7. The van der Waals surface area contributed by atoms with E-state index in [2.05, 4.69) is 19.2 Å². The van der Waals surface area contributed by atoms with E-state index >= 15 is 0 Å². The zero-order valence-corrected chi connectivity index (χ0v) is 10.8. The molecule has 0 aromatic carbocycles. The molecular weight excluding hydrogens is 202 g/mol. The summed E-state index contributed by atoms with van der Waals surface area (Å²) in [5.74, 6) is 0. The van der Waals surface area contributed by atoms with E-state index in [-0.39, 0.29) is 6.10 Å². The highest BCUT2D eigenvalue weighted by atomic mass is 16.5. The molecule has 0 bridgehead atoms. The van der Waals surface area contributed by atoms with Gasteiger partial charge in [-0.2, -0.15) is 0 Å². The first-order chi connectivity index (χ1) is 7.79. The van der Waals surface area contributed by atoms with Gasteiger partial charge in [0.1, 0.15) is 0 Å². The molecule has 3 nitrogen and oxygen atoms in total. The van der Waals surface area contributed by atoms with Gasteiger partial charge in [-0.15, -0.1) is 0 Å². The number of hydrogen-bond donors (Lipinski definition) is 1. The Morgan fingerprint density at radius 3 is 2.88 bits per heavy atom. The van der Waals surface area contributed by atoms with Gasteiger partial charge in [-0.3, -0.25) is 0 Å². The van der Waals surface area contributed by atoms with Crippen molar-refractivity contribution < 1.29 is 9.47 Å². The van der Waals surface area contributed by atoms with Crippen molar-refractivity contribution in [1.29, 1.82) is 0 Å². The Bertz CT molecular complexity index is 216. The summed E-state index contributed by atoms with van der Waals surface area (Å²) in [4.78, 5) is 0. The Balaban J connectivity index is 2.57. The van der Waals surface area contributed by atoms with E-state index in [4.69, 9.17) is 9.47 Å². The highest BCUT2D eigenvalue weighted by Crippen LogP contribution is 2.19. The van der Waals surface area contributed by atoms with Crippen molar-refractivity contribution in [2.45, 2.75) is 52.2 Å². The third-order valence-corrected chi connectivity index (χ3v) is 2.88. The first-order valence-corrected chi connectivity index (χ1v) is 6.45. The van der Waals surface area contributed by atoms with Gasteiger partial charge in [-0.05, 0) is 45.2 Å². The van der Waals surface area contributed by atoms with Crippen LogP contribution in [0.25, 0.3) is 0 Å². The van der Waals surface area contributed by atoms with Gasteiger partial charge in [0.2, 0.25) is 0 Å². The van der Waals surface area contributed by atoms with Crippen LogP contribution in [0.5, 0.6) is 0 Å². The Morgan fingerprint density at radius 2 is 2.31 bits per heavy atom. The van der Waals surface area contributed by atoms with Crippen molar-refractivity contribution >= 4 is 0 Å². The highest BCUT2D eigenvalue weighted by Gasteiger charge is 2.22. The van der Waals surface area contributed by atoms with E-state index in [1.54, 1.807) is 0 Å². The van der Waals surface area contributed by atoms with Gasteiger partial charge in [0.05, 0.1) is 25.0 Å². The van der Waals surface area contributed by atoms with Gasteiger partial charge in [-0.25, -0.2) is 0 Å². The van der Waals surface area contributed by atoms with Crippen molar-refractivity contribution in [2.75, 3.05) is 19.8 Å². The predicted octanol–water partition coefficient (Wildman–Crippen LogP) is 2.47. The largest absolute Gasteiger partial charge is 0.501 e. The lowest BCUT2D eigenvalue weighted by molar-refractivity contribution is 0.0531. The molecule has 0 radical (unpaired) electrons. The van der Waals surface area contributed by atoms with Crippen LogP contribution in [-0.2, 0) is 9.47 Å². The lowest BCUT2D eigenvalue weighted by Gasteiger charge is -2.29. The summed E-state index contributed by atoms with van der Waals surface area (Å²) in [5.41, 5.74) is 1.35. The number of ether oxygens (including phenoxy) is 2. The maximum absolute atomic E-state index is 5.70. The maximum Gasteiger partial charge on any atom is 0.0876 e. The van der Waals surface area contributed by atoms with Crippen molar-refractivity contribution in [3.05, 3.63) is 11.8 Å². The molecule has 0 aromatic rings. The lowest BCUT2D eigenvalue weighted by Crippen LogP contribution is -2.42. The quantitative estimate of drug-likeness (QED) is 0.725. The van der Waals surface area contributed by atoms with Crippen LogP contribution < -0.4 is 5.32 Å². The van der Waals surface area contributed by atoms with Gasteiger partial charge in [-0.1, -0.05) is 6.92 Å².